The third kappa shape index (κ3) is 9.15. The Morgan fingerprint density at radius 1 is 0.974 bits per heavy atom. The van der Waals surface area contributed by atoms with Crippen molar-refractivity contribution in [1.82, 2.24) is 5.32 Å². The monoisotopic (exact) mass is 587 g/mol. The molecule has 1 heterocycles. The molecule has 0 aliphatic heterocycles. The van der Waals surface area contributed by atoms with Crippen molar-refractivity contribution in [2.45, 2.75) is 19.9 Å². The maximum Gasteiger partial charge on any atom is 0.411 e. The topological polar surface area (TPSA) is 101 Å². The quantitative estimate of drug-likeness (QED) is 0.245. The standard InChI is InChI=1S/C27H28BrFN4O5/c1-2-13-32-18-20(17-21(28)19-32)25(34)33(24-6-4-3-5-7-24)14-16-38-26(35)30-12-15-37-27(36)31-23-10-8-22(29)9-11-23/h3-11,17-19H,2,12-16H2,1H3,(H-,30,31,35,36)/p+1. The van der Waals surface area contributed by atoms with Crippen LogP contribution in [0.5, 0.6) is 0 Å². The molecule has 3 rings (SSSR count). The Morgan fingerprint density at radius 2 is 1.68 bits per heavy atom. The normalized spacial score (nSPS) is 10.4. The zero-order valence-electron chi connectivity index (χ0n) is 20.9. The number of para-hydroxylation sites is 1. The van der Waals surface area contributed by atoms with Crippen molar-refractivity contribution in [3.05, 3.63) is 88.9 Å². The molecule has 0 aliphatic carbocycles. The molecule has 11 heteroatoms. The molecule has 3 amide bonds. The van der Waals surface area contributed by atoms with Gasteiger partial charge in [0.15, 0.2) is 12.4 Å². The first kappa shape index (κ1) is 28.6. The van der Waals surface area contributed by atoms with Gasteiger partial charge < -0.3 is 19.7 Å². The van der Waals surface area contributed by atoms with Crippen molar-refractivity contribution in [3.63, 3.8) is 0 Å². The van der Waals surface area contributed by atoms with Crippen LogP contribution in [0.4, 0.5) is 25.4 Å². The Bertz CT molecular complexity index is 1230. The SMILES string of the molecule is CCC[n+]1cc(Br)cc(C(=O)N(CCOC(=O)NCCOC(=O)Nc2ccc(F)cc2)c2ccccc2)c1. The van der Waals surface area contributed by atoms with E-state index in [9.17, 15) is 18.8 Å². The van der Waals surface area contributed by atoms with Crippen molar-refractivity contribution in [1.29, 1.82) is 0 Å². The van der Waals surface area contributed by atoms with E-state index < -0.39 is 18.0 Å². The summed E-state index contributed by atoms with van der Waals surface area (Å²) in [5, 5.41) is 4.93. The largest absolute Gasteiger partial charge is 0.448 e. The van der Waals surface area contributed by atoms with E-state index in [0.29, 0.717) is 16.9 Å². The van der Waals surface area contributed by atoms with Crippen LogP contribution in [0.2, 0.25) is 0 Å². The minimum Gasteiger partial charge on any atom is -0.448 e. The van der Waals surface area contributed by atoms with Crippen LogP contribution in [-0.4, -0.2) is 44.4 Å². The van der Waals surface area contributed by atoms with Gasteiger partial charge in [-0.25, -0.2) is 18.5 Å². The van der Waals surface area contributed by atoms with E-state index in [0.717, 1.165) is 17.4 Å². The number of alkyl carbamates (subject to hydrolysis) is 1. The van der Waals surface area contributed by atoms with E-state index in [2.05, 4.69) is 33.5 Å². The van der Waals surface area contributed by atoms with E-state index in [-0.39, 0.29) is 32.2 Å². The Morgan fingerprint density at radius 3 is 2.39 bits per heavy atom. The average Bonchev–Trinajstić information content (AvgIpc) is 2.90. The fraction of sp³-hybridized carbons (Fsp3) is 0.259. The van der Waals surface area contributed by atoms with E-state index in [1.165, 1.54) is 24.3 Å². The molecule has 0 radical (unpaired) electrons. The third-order valence-electron chi connectivity index (χ3n) is 5.17. The van der Waals surface area contributed by atoms with Gasteiger partial charge in [0.2, 0.25) is 0 Å². The molecule has 0 spiro atoms. The van der Waals surface area contributed by atoms with Crippen molar-refractivity contribution in [2.75, 3.05) is 36.5 Å². The highest BCUT2D eigenvalue weighted by Gasteiger charge is 2.21. The molecular formula is C27H29BrFN4O5+. The number of pyridine rings is 1. The number of carbonyl (C=O) groups excluding carboxylic acids is 3. The highest BCUT2D eigenvalue weighted by atomic mass is 79.9. The summed E-state index contributed by atoms with van der Waals surface area (Å²) in [6, 6.07) is 16.1. The Labute approximate surface area is 228 Å². The number of anilines is 2. The minimum absolute atomic E-state index is 0.0203. The van der Waals surface area contributed by atoms with Gasteiger partial charge in [0.05, 0.1) is 17.6 Å². The summed E-state index contributed by atoms with van der Waals surface area (Å²) in [6.45, 7) is 2.83. The van der Waals surface area contributed by atoms with Gasteiger partial charge in [0.1, 0.15) is 31.1 Å². The molecule has 9 nitrogen and oxygen atoms in total. The van der Waals surface area contributed by atoms with E-state index in [4.69, 9.17) is 9.47 Å². The predicted molar refractivity (Wildman–Crippen MR) is 143 cm³/mol. The zero-order valence-corrected chi connectivity index (χ0v) is 22.4. The summed E-state index contributed by atoms with van der Waals surface area (Å²) >= 11 is 3.47. The summed E-state index contributed by atoms with van der Waals surface area (Å²) in [7, 11) is 0. The number of rotatable bonds is 11. The molecule has 3 aromatic rings. The highest BCUT2D eigenvalue weighted by Crippen LogP contribution is 2.18. The number of halogens is 2. The molecule has 0 saturated carbocycles. The van der Waals surface area contributed by atoms with Gasteiger partial charge in [-0.05, 0) is 58.4 Å². The Hall–Kier alpha value is -3.99. The van der Waals surface area contributed by atoms with Crippen molar-refractivity contribution < 1.29 is 32.8 Å². The number of nitrogens with one attached hydrogen (secondary N) is 2. The average molecular weight is 588 g/mol. The number of hydrogen-bond donors (Lipinski definition) is 2. The lowest BCUT2D eigenvalue weighted by molar-refractivity contribution is -0.697. The number of aryl methyl sites for hydroxylation is 1. The Kier molecular flexibility index (Phi) is 11.0. The molecule has 0 aliphatic rings. The molecule has 0 saturated heterocycles. The second-order valence-electron chi connectivity index (χ2n) is 8.10. The second-order valence-corrected chi connectivity index (χ2v) is 9.02. The van der Waals surface area contributed by atoms with Crippen LogP contribution in [0.1, 0.15) is 23.7 Å². The van der Waals surface area contributed by atoms with E-state index >= 15 is 0 Å². The van der Waals surface area contributed by atoms with Crippen molar-refractivity contribution in [3.8, 4) is 0 Å². The van der Waals surface area contributed by atoms with Gasteiger partial charge in [-0.15, -0.1) is 0 Å². The first-order valence-electron chi connectivity index (χ1n) is 12.0. The minimum atomic E-state index is -0.739. The fourth-order valence-electron chi connectivity index (χ4n) is 3.48. The third-order valence-corrected chi connectivity index (χ3v) is 5.61. The van der Waals surface area contributed by atoms with Crippen LogP contribution in [0, 0.1) is 5.82 Å². The van der Waals surface area contributed by atoms with Crippen LogP contribution in [0.3, 0.4) is 0 Å². The first-order valence-corrected chi connectivity index (χ1v) is 12.8. The molecule has 1 aromatic heterocycles. The first-order chi connectivity index (χ1) is 18.4. The number of ether oxygens (including phenoxy) is 2. The summed E-state index contributed by atoms with van der Waals surface area (Å²) in [6.07, 6.45) is 3.18. The maximum atomic E-state index is 13.4. The highest BCUT2D eigenvalue weighted by molar-refractivity contribution is 9.10. The van der Waals surface area contributed by atoms with Crippen LogP contribution in [0.25, 0.3) is 0 Å². The zero-order chi connectivity index (χ0) is 27.3. The lowest BCUT2D eigenvalue weighted by atomic mass is 10.2. The van der Waals surface area contributed by atoms with Crippen LogP contribution >= 0.6 is 15.9 Å². The van der Waals surface area contributed by atoms with Gasteiger partial charge >= 0.3 is 12.2 Å². The number of carbonyl (C=O) groups is 3. The molecule has 0 atom stereocenters. The predicted octanol–water partition coefficient (Wildman–Crippen LogP) is 4.91. The van der Waals surface area contributed by atoms with Crippen LogP contribution < -0.4 is 20.1 Å². The van der Waals surface area contributed by atoms with Crippen molar-refractivity contribution in [2.24, 2.45) is 0 Å². The molecule has 0 bridgehead atoms. The molecule has 0 unspecified atom stereocenters. The number of benzene rings is 2. The van der Waals surface area contributed by atoms with Crippen LogP contribution in [0.15, 0.2) is 77.5 Å². The number of amides is 3. The van der Waals surface area contributed by atoms with E-state index in [1.807, 2.05) is 41.1 Å². The molecule has 38 heavy (non-hydrogen) atoms. The molecule has 200 valence electrons. The van der Waals surface area contributed by atoms with Crippen molar-refractivity contribution >= 4 is 45.4 Å². The molecule has 2 aromatic carbocycles. The summed E-state index contributed by atoms with van der Waals surface area (Å²) in [4.78, 5) is 38.8. The number of aromatic nitrogens is 1. The molecular weight excluding hydrogens is 559 g/mol. The summed E-state index contributed by atoms with van der Waals surface area (Å²) < 4.78 is 25.9. The fourth-order valence-corrected chi connectivity index (χ4v) is 3.99. The van der Waals surface area contributed by atoms with Gasteiger partial charge in [-0.3, -0.25) is 10.1 Å². The summed E-state index contributed by atoms with van der Waals surface area (Å²) in [5.74, 6) is -0.650. The summed E-state index contributed by atoms with van der Waals surface area (Å²) in [5.41, 5.74) is 1.55. The van der Waals surface area contributed by atoms with Gasteiger partial charge in [0, 0.05) is 17.8 Å². The Balaban J connectivity index is 1.48. The lowest BCUT2D eigenvalue weighted by Crippen LogP contribution is -2.39. The number of hydrogen-bond acceptors (Lipinski definition) is 5. The van der Waals surface area contributed by atoms with Crippen LogP contribution in [-0.2, 0) is 16.0 Å². The number of nitrogens with zero attached hydrogens (tertiary/aromatic N) is 2. The molecule has 0 fully saturated rings. The molecule has 2 N–H and O–H groups in total. The maximum absolute atomic E-state index is 13.4. The van der Waals surface area contributed by atoms with Gasteiger partial charge in [-0.1, -0.05) is 25.1 Å². The lowest BCUT2D eigenvalue weighted by Gasteiger charge is -2.22. The van der Waals surface area contributed by atoms with Gasteiger partial charge in [0.25, 0.3) is 5.91 Å². The van der Waals surface area contributed by atoms with E-state index in [1.54, 1.807) is 17.2 Å². The van der Waals surface area contributed by atoms with Gasteiger partial charge in [-0.2, -0.15) is 0 Å². The second kappa shape index (κ2) is 14.7. The smallest absolute Gasteiger partial charge is 0.411 e.